The number of anilines is 1. The van der Waals surface area contributed by atoms with E-state index < -0.39 is 11.9 Å². The number of ether oxygens (including phenoxy) is 3. The van der Waals surface area contributed by atoms with E-state index in [4.69, 9.17) is 14.2 Å². The highest BCUT2D eigenvalue weighted by atomic mass is 127. The van der Waals surface area contributed by atoms with Crippen LogP contribution in [0.2, 0.25) is 0 Å². The van der Waals surface area contributed by atoms with Crippen molar-refractivity contribution in [1.82, 2.24) is 0 Å². The van der Waals surface area contributed by atoms with Gasteiger partial charge in [-0.3, -0.25) is 0 Å². The molecule has 1 aromatic rings. The molecular weight excluding hydrogens is 554 g/mol. The van der Waals surface area contributed by atoms with Crippen molar-refractivity contribution in [3.8, 4) is 6.07 Å². The van der Waals surface area contributed by atoms with Crippen LogP contribution in [0.3, 0.4) is 0 Å². The summed E-state index contributed by atoms with van der Waals surface area (Å²) in [5, 5.41) is 9.25. The molecule has 0 bridgehead atoms. The Hall–Kier alpha value is -1.39. The van der Waals surface area contributed by atoms with Crippen molar-refractivity contribution in [3.05, 3.63) is 35.6 Å². The van der Waals surface area contributed by atoms with Crippen LogP contribution in [0.15, 0.2) is 17.3 Å². The fourth-order valence-electron chi connectivity index (χ4n) is 2.39. The van der Waals surface area contributed by atoms with Gasteiger partial charge in [0.05, 0.1) is 43.7 Å². The monoisotopic (exact) mass is 568 g/mol. The first kappa shape index (κ1) is 19.9. The van der Waals surface area contributed by atoms with E-state index in [9.17, 15) is 14.9 Å². The minimum Gasteiger partial charge on any atom is -0.466 e. The molecule has 1 heterocycles. The number of rotatable bonds is 3. The van der Waals surface area contributed by atoms with Gasteiger partial charge in [0, 0.05) is 7.14 Å². The molecular formula is C16H14I2N2O5. The molecule has 132 valence electrons. The zero-order valence-corrected chi connectivity index (χ0v) is 18.0. The lowest BCUT2D eigenvalue weighted by atomic mass is 10.1. The second-order valence-corrected chi connectivity index (χ2v) is 7.26. The summed E-state index contributed by atoms with van der Waals surface area (Å²) in [6.45, 7) is 1.85. The number of hydrogen-bond donors (Lipinski definition) is 0. The first-order chi connectivity index (χ1) is 11.9. The maximum Gasteiger partial charge on any atom is 0.355 e. The molecule has 1 aromatic carbocycles. The van der Waals surface area contributed by atoms with Gasteiger partial charge in [-0.15, -0.1) is 0 Å². The molecule has 0 fully saturated rings. The van der Waals surface area contributed by atoms with Crippen LogP contribution in [0.1, 0.15) is 11.1 Å². The molecule has 0 spiro atoms. The molecule has 0 saturated heterocycles. The highest BCUT2D eigenvalue weighted by Crippen LogP contribution is 2.37. The van der Waals surface area contributed by atoms with Crippen molar-refractivity contribution < 1.29 is 23.8 Å². The number of esters is 2. The van der Waals surface area contributed by atoms with Crippen LogP contribution >= 0.6 is 45.2 Å². The molecule has 0 aliphatic carbocycles. The first-order valence-corrected chi connectivity index (χ1v) is 9.16. The third-order valence-corrected chi connectivity index (χ3v) is 5.80. The van der Waals surface area contributed by atoms with E-state index in [0.717, 1.165) is 12.7 Å². The van der Waals surface area contributed by atoms with Crippen LogP contribution < -0.4 is 4.90 Å². The van der Waals surface area contributed by atoms with Crippen molar-refractivity contribution in [3.63, 3.8) is 0 Å². The summed E-state index contributed by atoms with van der Waals surface area (Å²) in [7, 11) is 2.49. The van der Waals surface area contributed by atoms with Crippen molar-refractivity contribution in [2.45, 2.75) is 6.92 Å². The Morgan fingerprint density at radius 1 is 1.28 bits per heavy atom. The molecule has 0 N–H and O–H groups in total. The fourth-order valence-corrected chi connectivity index (χ4v) is 4.65. The van der Waals surface area contributed by atoms with Crippen molar-refractivity contribution >= 4 is 62.8 Å². The minimum atomic E-state index is -0.655. The molecule has 1 aliphatic rings. The Kier molecular flexibility index (Phi) is 6.64. The summed E-state index contributed by atoms with van der Waals surface area (Å²) < 4.78 is 16.7. The van der Waals surface area contributed by atoms with Crippen LogP contribution in [0.4, 0.5) is 5.69 Å². The number of methoxy groups -OCH3 is 2. The molecule has 7 nitrogen and oxygen atoms in total. The lowest BCUT2D eigenvalue weighted by molar-refractivity contribution is -0.140. The van der Waals surface area contributed by atoms with Gasteiger partial charge in [-0.05, 0) is 63.7 Å². The lowest BCUT2D eigenvalue weighted by Gasteiger charge is -2.33. The summed E-state index contributed by atoms with van der Waals surface area (Å²) >= 11 is 4.21. The molecule has 0 saturated carbocycles. The molecule has 0 atom stereocenters. The average molecular weight is 568 g/mol. The van der Waals surface area contributed by atoms with Gasteiger partial charge in [-0.25, -0.2) is 9.59 Å². The van der Waals surface area contributed by atoms with E-state index in [1.165, 1.54) is 14.2 Å². The number of carbonyl (C=O) groups is 2. The van der Waals surface area contributed by atoms with Crippen LogP contribution in [0.25, 0.3) is 0 Å². The quantitative estimate of drug-likeness (QED) is 0.409. The summed E-state index contributed by atoms with van der Waals surface area (Å²) in [4.78, 5) is 26.0. The third-order valence-electron chi connectivity index (χ3n) is 3.66. The topological polar surface area (TPSA) is 88.9 Å². The van der Waals surface area contributed by atoms with Gasteiger partial charge in [-0.1, -0.05) is 0 Å². The summed E-state index contributed by atoms with van der Waals surface area (Å²) in [5.74, 6) is -1.31. The fraction of sp³-hybridized carbons (Fsp3) is 0.312. The van der Waals surface area contributed by atoms with Gasteiger partial charge in [0.25, 0.3) is 0 Å². The molecule has 0 aromatic heterocycles. The second-order valence-electron chi connectivity index (χ2n) is 5.02. The van der Waals surface area contributed by atoms with Gasteiger partial charge in [-0.2, -0.15) is 5.26 Å². The maximum absolute atomic E-state index is 12.4. The summed E-state index contributed by atoms with van der Waals surface area (Å²) in [6, 6.07) is 3.88. The first-order valence-electron chi connectivity index (χ1n) is 7.01. The average Bonchev–Trinajstić information content (AvgIpc) is 2.63. The Morgan fingerprint density at radius 2 is 1.92 bits per heavy atom. The maximum atomic E-state index is 12.4. The van der Waals surface area contributed by atoms with Crippen molar-refractivity contribution in [1.29, 1.82) is 5.26 Å². The van der Waals surface area contributed by atoms with Crippen LogP contribution in [0.5, 0.6) is 0 Å². The van der Waals surface area contributed by atoms with E-state index in [-0.39, 0.29) is 24.6 Å². The Labute approximate surface area is 172 Å². The zero-order valence-electron chi connectivity index (χ0n) is 13.7. The number of halogens is 2. The Morgan fingerprint density at radius 3 is 2.48 bits per heavy atom. The normalized spacial score (nSPS) is 14.2. The number of benzene rings is 1. The van der Waals surface area contributed by atoms with Gasteiger partial charge < -0.3 is 19.1 Å². The number of nitrogens with zero attached hydrogens (tertiary/aromatic N) is 2. The minimum absolute atomic E-state index is 0.0456. The molecule has 9 heteroatoms. The third kappa shape index (κ3) is 3.75. The Bertz CT molecular complexity index is 814. The van der Waals surface area contributed by atoms with Gasteiger partial charge in [0.2, 0.25) is 0 Å². The highest BCUT2D eigenvalue weighted by Gasteiger charge is 2.34. The van der Waals surface area contributed by atoms with E-state index in [1.807, 2.05) is 6.92 Å². The molecule has 0 amide bonds. The largest absolute Gasteiger partial charge is 0.466 e. The standard InChI is InChI=1S/C16H14I2N2O5/c1-8-9(5-19)4-11(17)14(12(8)18)20-7-25-6-10(15(21)23-2)13(20)16(22)24-3/h4H,6-7H2,1-3H3. The summed E-state index contributed by atoms with van der Waals surface area (Å²) in [6.07, 6.45) is 0. The molecule has 0 unspecified atom stereocenters. The highest BCUT2D eigenvalue weighted by molar-refractivity contribution is 14.1. The van der Waals surface area contributed by atoms with E-state index >= 15 is 0 Å². The molecule has 0 radical (unpaired) electrons. The number of carbonyl (C=O) groups excluding carboxylic acids is 2. The van der Waals surface area contributed by atoms with Gasteiger partial charge >= 0.3 is 11.9 Å². The van der Waals surface area contributed by atoms with Crippen LogP contribution in [-0.2, 0) is 23.8 Å². The SMILES string of the molecule is COC(=O)C1=C(C(=O)OC)N(c2c(I)cc(C#N)c(C)c2I)COC1. The van der Waals surface area contributed by atoms with Crippen molar-refractivity contribution in [2.24, 2.45) is 0 Å². The van der Waals surface area contributed by atoms with Crippen LogP contribution in [0, 0.1) is 25.4 Å². The van der Waals surface area contributed by atoms with Crippen LogP contribution in [-0.4, -0.2) is 39.5 Å². The predicted molar refractivity (Wildman–Crippen MR) is 106 cm³/mol. The molecule has 25 heavy (non-hydrogen) atoms. The zero-order chi connectivity index (χ0) is 18.7. The van der Waals surface area contributed by atoms with Gasteiger partial charge in [0.15, 0.2) is 0 Å². The van der Waals surface area contributed by atoms with E-state index in [2.05, 4.69) is 51.3 Å². The number of hydrogen-bond acceptors (Lipinski definition) is 7. The van der Waals surface area contributed by atoms with E-state index in [0.29, 0.717) is 11.3 Å². The second kappa shape index (κ2) is 8.33. The molecule has 2 rings (SSSR count). The predicted octanol–water partition coefficient (Wildman–Crippen LogP) is 2.47. The Balaban J connectivity index is 2.73. The summed E-state index contributed by atoms with van der Waals surface area (Å²) in [5.41, 5.74) is 2.19. The van der Waals surface area contributed by atoms with Crippen molar-refractivity contribution in [2.75, 3.05) is 32.5 Å². The number of nitriles is 1. The lowest BCUT2D eigenvalue weighted by Crippen LogP contribution is -2.39. The molecule has 1 aliphatic heterocycles. The van der Waals surface area contributed by atoms with Gasteiger partial charge in [0.1, 0.15) is 12.4 Å². The smallest absolute Gasteiger partial charge is 0.355 e. The van der Waals surface area contributed by atoms with E-state index in [1.54, 1.807) is 11.0 Å².